The van der Waals surface area contributed by atoms with Crippen LogP contribution in [0.15, 0.2) is 24.3 Å². The molecule has 1 aromatic rings. The molecule has 3 unspecified atom stereocenters. The van der Waals surface area contributed by atoms with Gasteiger partial charge in [-0.1, -0.05) is 25.8 Å². The van der Waals surface area contributed by atoms with Gasteiger partial charge < -0.3 is 10.1 Å². The number of nitrogens with one attached hydrogen (secondary N) is 1. The van der Waals surface area contributed by atoms with Gasteiger partial charge in [0.25, 0.3) is 0 Å². The summed E-state index contributed by atoms with van der Waals surface area (Å²) in [5, 5.41) is 12.7. The van der Waals surface area contributed by atoms with Crippen LogP contribution in [0.5, 0.6) is 5.75 Å². The number of anilines is 1. The van der Waals surface area contributed by atoms with Crippen LogP contribution < -0.4 is 10.1 Å². The van der Waals surface area contributed by atoms with E-state index in [0.717, 1.165) is 30.7 Å². The van der Waals surface area contributed by atoms with Gasteiger partial charge in [-0.2, -0.15) is 5.26 Å². The quantitative estimate of drug-likeness (QED) is 0.866. The summed E-state index contributed by atoms with van der Waals surface area (Å²) in [7, 11) is 0. The highest BCUT2D eigenvalue weighted by atomic mass is 16.5. The van der Waals surface area contributed by atoms with Crippen LogP contribution in [-0.2, 0) is 0 Å². The molecule has 1 aromatic carbocycles. The highest BCUT2D eigenvalue weighted by Crippen LogP contribution is 2.28. The van der Waals surface area contributed by atoms with E-state index in [4.69, 9.17) is 4.74 Å². The third kappa shape index (κ3) is 3.90. The summed E-state index contributed by atoms with van der Waals surface area (Å²) in [6.45, 7) is 4.19. The Hall–Kier alpha value is -1.69. The first-order valence-corrected chi connectivity index (χ1v) is 7.65. The first-order valence-electron chi connectivity index (χ1n) is 7.65. The molecule has 1 fully saturated rings. The summed E-state index contributed by atoms with van der Waals surface area (Å²) >= 11 is 0. The molecule has 0 saturated heterocycles. The van der Waals surface area contributed by atoms with Gasteiger partial charge in [-0.15, -0.1) is 0 Å². The molecule has 0 radical (unpaired) electrons. The van der Waals surface area contributed by atoms with Crippen LogP contribution in [0.3, 0.4) is 0 Å². The largest absolute Gasteiger partial charge is 0.491 e. The molecule has 1 N–H and O–H groups in total. The number of rotatable bonds is 5. The summed E-state index contributed by atoms with van der Waals surface area (Å²) in [4.78, 5) is 0. The van der Waals surface area contributed by atoms with Crippen LogP contribution in [0.25, 0.3) is 0 Å². The molecule has 0 aromatic heterocycles. The predicted molar refractivity (Wildman–Crippen MR) is 81.8 cm³/mol. The van der Waals surface area contributed by atoms with Gasteiger partial charge in [-0.05, 0) is 38.3 Å². The fraction of sp³-hybridized carbons (Fsp3) is 0.588. The lowest BCUT2D eigenvalue weighted by molar-refractivity contribution is 0.217. The van der Waals surface area contributed by atoms with E-state index in [9.17, 15) is 5.26 Å². The second-order valence-electron chi connectivity index (χ2n) is 5.64. The van der Waals surface area contributed by atoms with E-state index in [1.165, 1.54) is 12.8 Å². The molecule has 108 valence electrons. The highest BCUT2D eigenvalue weighted by Gasteiger charge is 2.24. The summed E-state index contributed by atoms with van der Waals surface area (Å²) in [5.74, 6) is 1.02. The number of benzene rings is 1. The van der Waals surface area contributed by atoms with E-state index in [-0.39, 0.29) is 18.1 Å². The maximum absolute atomic E-state index is 9.23. The third-order valence-corrected chi connectivity index (χ3v) is 4.03. The molecule has 3 heteroatoms. The van der Waals surface area contributed by atoms with Crippen LogP contribution in [0.2, 0.25) is 0 Å². The van der Waals surface area contributed by atoms with Crippen molar-refractivity contribution in [2.24, 2.45) is 5.92 Å². The van der Waals surface area contributed by atoms with Gasteiger partial charge >= 0.3 is 0 Å². The molecular formula is C17H24N2O. The zero-order chi connectivity index (χ0) is 14.4. The predicted octanol–water partition coefficient (Wildman–Crippen LogP) is 4.36. The molecule has 0 spiro atoms. The Kier molecular flexibility index (Phi) is 5.29. The van der Waals surface area contributed by atoms with Crippen molar-refractivity contribution in [2.75, 3.05) is 5.32 Å². The first kappa shape index (κ1) is 14.7. The van der Waals surface area contributed by atoms with E-state index < -0.39 is 0 Å². The van der Waals surface area contributed by atoms with Crippen molar-refractivity contribution in [1.82, 2.24) is 0 Å². The lowest BCUT2D eigenvalue weighted by atomic mass is 9.85. The summed E-state index contributed by atoms with van der Waals surface area (Å²) in [6.07, 6.45) is 5.70. The van der Waals surface area contributed by atoms with Crippen molar-refractivity contribution < 1.29 is 4.74 Å². The second-order valence-corrected chi connectivity index (χ2v) is 5.64. The lowest BCUT2D eigenvalue weighted by Crippen LogP contribution is -2.31. The van der Waals surface area contributed by atoms with Crippen LogP contribution >= 0.6 is 0 Å². The normalized spacial score (nSPS) is 23.6. The number of hydrogen-bond acceptors (Lipinski definition) is 3. The molecule has 3 nitrogen and oxygen atoms in total. The SMILES string of the molecule is CCC(C)Oc1cccc(NC2CCCCC2C#N)c1. The fourth-order valence-electron chi connectivity index (χ4n) is 2.65. The number of nitrogens with zero attached hydrogens (tertiary/aromatic N) is 1. The molecule has 20 heavy (non-hydrogen) atoms. The highest BCUT2D eigenvalue weighted by molar-refractivity contribution is 5.49. The average Bonchev–Trinajstić information content (AvgIpc) is 2.48. The molecule has 0 aliphatic heterocycles. The Morgan fingerprint density at radius 1 is 1.40 bits per heavy atom. The fourth-order valence-corrected chi connectivity index (χ4v) is 2.65. The average molecular weight is 272 g/mol. The van der Waals surface area contributed by atoms with Crippen molar-refractivity contribution in [3.63, 3.8) is 0 Å². The van der Waals surface area contributed by atoms with E-state index in [1.807, 2.05) is 24.3 Å². The van der Waals surface area contributed by atoms with Crippen LogP contribution in [-0.4, -0.2) is 12.1 Å². The van der Waals surface area contributed by atoms with Gasteiger partial charge in [-0.25, -0.2) is 0 Å². The Morgan fingerprint density at radius 2 is 2.20 bits per heavy atom. The number of nitriles is 1. The first-order chi connectivity index (χ1) is 9.72. The van der Waals surface area contributed by atoms with Crippen molar-refractivity contribution in [1.29, 1.82) is 5.26 Å². The van der Waals surface area contributed by atoms with E-state index in [0.29, 0.717) is 0 Å². The molecule has 1 saturated carbocycles. The van der Waals surface area contributed by atoms with Crippen LogP contribution in [0.1, 0.15) is 46.0 Å². The second kappa shape index (κ2) is 7.19. The molecule has 3 atom stereocenters. The molecule has 0 amide bonds. The lowest BCUT2D eigenvalue weighted by Gasteiger charge is -2.28. The summed E-state index contributed by atoms with van der Waals surface area (Å²) < 4.78 is 5.84. The Balaban J connectivity index is 2.02. The molecule has 1 aliphatic rings. The maximum Gasteiger partial charge on any atom is 0.121 e. The summed E-state index contributed by atoms with van der Waals surface area (Å²) in [6, 6.07) is 10.8. The van der Waals surface area contributed by atoms with Gasteiger partial charge in [0.1, 0.15) is 5.75 Å². The Bertz CT molecular complexity index is 466. The molecule has 0 heterocycles. The standard InChI is InChI=1S/C17H24N2O/c1-3-13(2)20-16-9-6-8-15(11-16)19-17-10-5-4-7-14(17)12-18/h6,8-9,11,13-14,17,19H,3-5,7,10H2,1-2H3. The minimum absolute atomic E-state index is 0.128. The molecular weight excluding hydrogens is 248 g/mol. The van der Waals surface area contributed by atoms with E-state index in [2.05, 4.69) is 25.2 Å². The van der Waals surface area contributed by atoms with E-state index >= 15 is 0 Å². The summed E-state index contributed by atoms with van der Waals surface area (Å²) in [5.41, 5.74) is 1.05. The number of hydrogen-bond donors (Lipinski definition) is 1. The van der Waals surface area contributed by atoms with Gasteiger partial charge in [0.05, 0.1) is 18.1 Å². The van der Waals surface area contributed by atoms with Gasteiger partial charge in [0, 0.05) is 17.8 Å². The van der Waals surface area contributed by atoms with Gasteiger partial charge in [-0.3, -0.25) is 0 Å². The Morgan fingerprint density at radius 3 is 2.95 bits per heavy atom. The van der Waals surface area contributed by atoms with Gasteiger partial charge in [0.15, 0.2) is 0 Å². The monoisotopic (exact) mass is 272 g/mol. The minimum atomic E-state index is 0.128. The van der Waals surface area contributed by atoms with Crippen molar-refractivity contribution in [3.8, 4) is 11.8 Å². The van der Waals surface area contributed by atoms with E-state index in [1.54, 1.807) is 0 Å². The Labute approximate surface area is 121 Å². The topological polar surface area (TPSA) is 45.0 Å². The van der Waals surface area contributed by atoms with Crippen molar-refractivity contribution in [3.05, 3.63) is 24.3 Å². The van der Waals surface area contributed by atoms with Crippen molar-refractivity contribution >= 4 is 5.69 Å². The molecule has 1 aliphatic carbocycles. The molecule has 0 bridgehead atoms. The third-order valence-electron chi connectivity index (χ3n) is 4.03. The maximum atomic E-state index is 9.23. The van der Waals surface area contributed by atoms with Gasteiger partial charge in [0.2, 0.25) is 0 Å². The molecule has 2 rings (SSSR count). The van der Waals surface area contributed by atoms with Crippen LogP contribution in [0, 0.1) is 17.2 Å². The van der Waals surface area contributed by atoms with Crippen LogP contribution in [0.4, 0.5) is 5.69 Å². The number of ether oxygens (including phenoxy) is 1. The zero-order valence-electron chi connectivity index (χ0n) is 12.4. The minimum Gasteiger partial charge on any atom is -0.491 e. The smallest absolute Gasteiger partial charge is 0.121 e. The zero-order valence-corrected chi connectivity index (χ0v) is 12.4. The van der Waals surface area contributed by atoms with Crippen molar-refractivity contribution in [2.45, 2.75) is 58.1 Å².